The molecule has 0 bridgehead atoms. The Labute approximate surface area is 123 Å². The van der Waals surface area contributed by atoms with E-state index in [1.54, 1.807) is 4.57 Å². The lowest BCUT2D eigenvalue weighted by Gasteiger charge is -2.33. The van der Waals surface area contributed by atoms with Gasteiger partial charge in [0.05, 0.1) is 18.9 Å². The fourth-order valence-corrected chi connectivity index (χ4v) is 2.63. The highest BCUT2D eigenvalue weighted by atomic mass is 16.3. The largest absolute Gasteiger partial charge is 0.503 e. The number of hydrogen-bond donors (Lipinski definition) is 3. The lowest BCUT2D eigenvalue weighted by Crippen LogP contribution is -2.44. The zero-order valence-corrected chi connectivity index (χ0v) is 12.3. The van der Waals surface area contributed by atoms with Gasteiger partial charge in [-0.3, -0.25) is 9.69 Å². The molecule has 21 heavy (non-hydrogen) atoms. The van der Waals surface area contributed by atoms with Crippen LogP contribution in [-0.4, -0.2) is 69.5 Å². The van der Waals surface area contributed by atoms with Crippen molar-refractivity contribution in [3.05, 3.63) is 27.7 Å². The molecule has 1 saturated heterocycles. The molecule has 0 aromatic carbocycles. The van der Waals surface area contributed by atoms with E-state index >= 15 is 0 Å². The summed E-state index contributed by atoms with van der Waals surface area (Å²) in [4.78, 5) is 16.2. The highest BCUT2D eigenvalue weighted by Crippen LogP contribution is 2.18. The van der Waals surface area contributed by atoms with Crippen molar-refractivity contribution in [2.24, 2.45) is 0 Å². The summed E-state index contributed by atoms with van der Waals surface area (Å²) >= 11 is 0. The third-order valence-corrected chi connectivity index (χ3v) is 3.93. The van der Waals surface area contributed by atoms with Gasteiger partial charge in [-0.2, -0.15) is 0 Å². The molecule has 2 heterocycles. The first kappa shape index (κ1) is 16.0. The molecule has 2 rings (SSSR count). The molecule has 0 unspecified atom stereocenters. The first-order chi connectivity index (χ1) is 10.1. The summed E-state index contributed by atoms with van der Waals surface area (Å²) in [7, 11) is 2.06. The summed E-state index contributed by atoms with van der Waals surface area (Å²) in [6, 6.07) is 1.22. The number of pyridine rings is 1. The Morgan fingerprint density at radius 2 is 1.86 bits per heavy atom. The monoisotopic (exact) mass is 297 g/mol. The maximum Gasteiger partial charge on any atom is 0.223 e. The number of rotatable bonds is 5. The van der Waals surface area contributed by atoms with Crippen molar-refractivity contribution < 1.29 is 15.3 Å². The van der Waals surface area contributed by atoms with Gasteiger partial charge in [0.25, 0.3) is 0 Å². The first-order valence-electron chi connectivity index (χ1n) is 7.14. The van der Waals surface area contributed by atoms with Crippen molar-refractivity contribution in [1.82, 2.24) is 14.4 Å². The molecule has 3 N–H and O–H groups in total. The van der Waals surface area contributed by atoms with Crippen LogP contribution in [0.15, 0.2) is 10.9 Å². The van der Waals surface area contributed by atoms with E-state index in [1.165, 1.54) is 6.07 Å². The van der Waals surface area contributed by atoms with Crippen LogP contribution in [0, 0.1) is 0 Å². The van der Waals surface area contributed by atoms with E-state index in [2.05, 4.69) is 16.8 Å². The van der Waals surface area contributed by atoms with Crippen LogP contribution in [0.1, 0.15) is 11.4 Å². The van der Waals surface area contributed by atoms with Crippen molar-refractivity contribution in [3.63, 3.8) is 0 Å². The smallest absolute Gasteiger partial charge is 0.223 e. The summed E-state index contributed by atoms with van der Waals surface area (Å²) in [6.45, 7) is 3.83. The van der Waals surface area contributed by atoms with E-state index in [-0.39, 0.29) is 25.5 Å². The number of likely N-dealkylation sites (N-methyl/N-ethyl adjacent to an activating group) is 1. The van der Waals surface area contributed by atoms with Crippen LogP contribution >= 0.6 is 0 Å². The highest BCUT2D eigenvalue weighted by molar-refractivity contribution is 5.30. The molecule has 0 spiro atoms. The second-order valence-electron chi connectivity index (χ2n) is 5.41. The lowest BCUT2D eigenvalue weighted by molar-refractivity contribution is 0.142. The van der Waals surface area contributed by atoms with Gasteiger partial charge < -0.3 is 24.8 Å². The van der Waals surface area contributed by atoms with Gasteiger partial charge in [-0.25, -0.2) is 0 Å². The summed E-state index contributed by atoms with van der Waals surface area (Å²) in [5.74, 6) is -0.292. The quantitative estimate of drug-likeness (QED) is 0.632. The van der Waals surface area contributed by atoms with Crippen molar-refractivity contribution in [2.45, 2.75) is 19.7 Å². The zero-order chi connectivity index (χ0) is 15.4. The van der Waals surface area contributed by atoms with E-state index in [4.69, 9.17) is 0 Å². The van der Waals surface area contributed by atoms with Crippen LogP contribution in [0.4, 0.5) is 0 Å². The van der Waals surface area contributed by atoms with E-state index in [9.17, 15) is 20.1 Å². The number of aromatic nitrogens is 1. The summed E-state index contributed by atoms with van der Waals surface area (Å²) in [5, 5.41) is 28.6. The van der Waals surface area contributed by atoms with Crippen LogP contribution in [0.5, 0.6) is 5.75 Å². The number of aliphatic hydroxyl groups excluding tert-OH is 2. The van der Waals surface area contributed by atoms with Crippen molar-refractivity contribution in [2.75, 3.05) is 39.8 Å². The molecule has 118 valence electrons. The Morgan fingerprint density at radius 3 is 2.43 bits per heavy atom. The number of nitrogens with zero attached hydrogens (tertiary/aromatic N) is 3. The summed E-state index contributed by atoms with van der Waals surface area (Å²) < 4.78 is 1.63. The van der Waals surface area contributed by atoms with Crippen LogP contribution in [-0.2, 0) is 19.7 Å². The molecule has 1 aliphatic rings. The van der Waals surface area contributed by atoms with Gasteiger partial charge in [0.1, 0.15) is 0 Å². The zero-order valence-electron chi connectivity index (χ0n) is 12.3. The molecule has 7 nitrogen and oxygen atoms in total. The van der Waals surface area contributed by atoms with Crippen molar-refractivity contribution >= 4 is 0 Å². The topological polar surface area (TPSA) is 89.2 Å². The fourth-order valence-electron chi connectivity index (χ4n) is 2.63. The third kappa shape index (κ3) is 3.62. The molecule has 0 saturated carbocycles. The molecule has 0 aliphatic carbocycles. The second-order valence-corrected chi connectivity index (χ2v) is 5.41. The second kappa shape index (κ2) is 7.04. The number of hydrogen-bond acceptors (Lipinski definition) is 6. The summed E-state index contributed by atoms with van der Waals surface area (Å²) in [5.41, 5.74) is 0.387. The van der Waals surface area contributed by atoms with Gasteiger partial charge in [-0.15, -0.1) is 0 Å². The van der Waals surface area contributed by atoms with Crippen LogP contribution < -0.4 is 5.43 Å². The molecule has 1 aliphatic heterocycles. The highest BCUT2D eigenvalue weighted by Gasteiger charge is 2.20. The maximum absolute atomic E-state index is 11.8. The maximum atomic E-state index is 11.8. The van der Waals surface area contributed by atoms with E-state index in [0.717, 1.165) is 26.2 Å². The van der Waals surface area contributed by atoms with Crippen LogP contribution in [0.25, 0.3) is 0 Å². The number of aliphatic hydroxyl groups is 2. The predicted octanol–water partition coefficient (Wildman–Crippen LogP) is -1.21. The molecule has 0 atom stereocenters. The molecule has 1 aromatic heterocycles. The van der Waals surface area contributed by atoms with Crippen molar-refractivity contribution in [3.8, 4) is 5.75 Å². The molecule has 0 amide bonds. The summed E-state index contributed by atoms with van der Waals surface area (Å²) in [6.07, 6.45) is 0. The third-order valence-electron chi connectivity index (χ3n) is 3.93. The normalized spacial score (nSPS) is 17.3. The van der Waals surface area contributed by atoms with Crippen LogP contribution in [0.2, 0.25) is 0 Å². The van der Waals surface area contributed by atoms with Gasteiger partial charge in [0.2, 0.25) is 5.43 Å². The first-order valence-corrected chi connectivity index (χ1v) is 7.14. The van der Waals surface area contributed by atoms with Gasteiger partial charge in [-0.1, -0.05) is 0 Å². The van der Waals surface area contributed by atoms with Crippen LogP contribution in [0.3, 0.4) is 0 Å². The molecule has 1 fully saturated rings. The van der Waals surface area contributed by atoms with Gasteiger partial charge >= 0.3 is 0 Å². The van der Waals surface area contributed by atoms with E-state index in [1.807, 2.05) is 0 Å². The Hall–Kier alpha value is -1.41. The predicted molar refractivity (Wildman–Crippen MR) is 78.1 cm³/mol. The lowest BCUT2D eigenvalue weighted by atomic mass is 10.2. The average Bonchev–Trinajstić information content (AvgIpc) is 2.48. The SMILES string of the molecule is CN1CCN(Cc2c(O)c(=O)cc(CO)n2CCO)CC1. The van der Waals surface area contributed by atoms with Gasteiger partial charge in [0, 0.05) is 51.0 Å². The Bertz CT molecular complexity index is 536. The van der Waals surface area contributed by atoms with E-state index in [0.29, 0.717) is 17.9 Å². The Morgan fingerprint density at radius 1 is 1.19 bits per heavy atom. The fraction of sp³-hybridized carbons (Fsp3) is 0.643. The molecule has 1 aromatic rings. The minimum absolute atomic E-state index is 0.120. The Balaban J connectivity index is 2.31. The van der Waals surface area contributed by atoms with Crippen molar-refractivity contribution in [1.29, 1.82) is 0 Å². The van der Waals surface area contributed by atoms with Gasteiger partial charge in [-0.05, 0) is 7.05 Å². The van der Waals surface area contributed by atoms with Gasteiger partial charge in [0.15, 0.2) is 5.75 Å². The Kier molecular flexibility index (Phi) is 5.35. The molecule has 0 radical (unpaired) electrons. The number of aromatic hydroxyl groups is 1. The molecular weight excluding hydrogens is 274 g/mol. The standard InChI is InChI=1S/C14H23N3O4/c1-15-2-4-16(5-3-15)9-12-14(21)13(20)8-11(10-19)17(12)6-7-18/h8,18-19,21H,2-7,9-10H2,1H3. The minimum Gasteiger partial charge on any atom is -0.503 e. The minimum atomic E-state index is -0.489. The number of piperazine rings is 1. The molecular formula is C14H23N3O4. The average molecular weight is 297 g/mol. The molecule has 7 heteroatoms. The van der Waals surface area contributed by atoms with E-state index < -0.39 is 5.43 Å².